The van der Waals surface area contributed by atoms with Crippen LogP contribution in [0.1, 0.15) is 36.1 Å². The second-order valence-electron chi connectivity index (χ2n) is 4.59. The van der Waals surface area contributed by atoms with E-state index >= 15 is 0 Å². The van der Waals surface area contributed by atoms with Crippen LogP contribution in [-0.4, -0.2) is 46.2 Å². The fourth-order valence-electron chi connectivity index (χ4n) is 1.67. The molecule has 0 saturated carbocycles. The fraction of sp³-hybridized carbons (Fsp3) is 0.500. The standard InChI is InChI=1S/C8H16N2.C6H6O4/c1-3-4-5-10-7-6-9(2)8-10;7-3-4-1-2-5(10-4)6(8)9/h6-7H,3-5,8H2,1-2H3;1-2,7H,3H2,(H,8,9). The Kier molecular flexibility index (Phi) is 6.66. The topological polar surface area (TPSA) is 77.2 Å². The van der Waals surface area contributed by atoms with Gasteiger partial charge in [-0.05, 0) is 18.6 Å². The molecule has 0 fully saturated rings. The minimum Gasteiger partial charge on any atom is -0.475 e. The van der Waals surface area contributed by atoms with Crippen molar-refractivity contribution in [3.05, 3.63) is 36.1 Å². The molecule has 1 aliphatic rings. The Morgan fingerprint density at radius 1 is 1.40 bits per heavy atom. The molecular weight excluding hydrogens is 260 g/mol. The lowest BCUT2D eigenvalue weighted by Crippen LogP contribution is -2.23. The summed E-state index contributed by atoms with van der Waals surface area (Å²) in [5.74, 6) is -1.01. The average molecular weight is 282 g/mol. The predicted octanol–water partition coefficient (Wildman–Crippen LogP) is 1.93. The Bertz CT molecular complexity index is 442. The van der Waals surface area contributed by atoms with E-state index in [1.165, 1.54) is 31.5 Å². The average Bonchev–Trinajstić information content (AvgIpc) is 3.05. The number of carboxylic acid groups (broad SMARTS) is 1. The first kappa shape index (κ1) is 16.1. The van der Waals surface area contributed by atoms with Crippen LogP contribution in [0, 0.1) is 0 Å². The van der Waals surface area contributed by atoms with E-state index in [2.05, 4.69) is 40.6 Å². The third-order valence-electron chi connectivity index (χ3n) is 2.76. The van der Waals surface area contributed by atoms with E-state index in [1.807, 2.05) is 0 Å². The summed E-state index contributed by atoms with van der Waals surface area (Å²) in [6, 6.07) is 2.72. The summed E-state index contributed by atoms with van der Waals surface area (Å²) in [7, 11) is 2.10. The van der Waals surface area contributed by atoms with Gasteiger partial charge in [0.1, 0.15) is 12.4 Å². The number of carbonyl (C=O) groups is 1. The lowest BCUT2D eigenvalue weighted by atomic mass is 10.3. The first-order valence-electron chi connectivity index (χ1n) is 6.62. The molecule has 2 heterocycles. The number of unbranched alkanes of at least 4 members (excludes halogenated alkanes) is 1. The van der Waals surface area contributed by atoms with Crippen molar-refractivity contribution >= 4 is 5.97 Å². The monoisotopic (exact) mass is 282 g/mol. The number of hydrogen-bond acceptors (Lipinski definition) is 5. The van der Waals surface area contributed by atoms with Crippen LogP contribution < -0.4 is 0 Å². The third kappa shape index (κ3) is 5.36. The van der Waals surface area contributed by atoms with Crippen LogP contribution in [0.25, 0.3) is 0 Å². The zero-order chi connectivity index (χ0) is 15.0. The molecule has 0 radical (unpaired) electrons. The van der Waals surface area contributed by atoms with Gasteiger partial charge < -0.3 is 24.4 Å². The highest BCUT2D eigenvalue weighted by Crippen LogP contribution is 2.06. The minimum atomic E-state index is -1.13. The number of nitrogens with zero attached hydrogens (tertiary/aromatic N) is 2. The summed E-state index contributed by atoms with van der Waals surface area (Å²) in [6.45, 7) is 4.23. The SMILES string of the molecule is CCCCN1C=CN(C)C1.O=C(O)c1ccc(CO)o1. The smallest absolute Gasteiger partial charge is 0.371 e. The molecule has 1 aliphatic heterocycles. The van der Waals surface area contributed by atoms with E-state index in [1.54, 1.807) is 0 Å². The van der Waals surface area contributed by atoms with Gasteiger partial charge in [-0.15, -0.1) is 0 Å². The van der Waals surface area contributed by atoms with Crippen molar-refractivity contribution in [2.75, 3.05) is 20.3 Å². The van der Waals surface area contributed by atoms with Gasteiger partial charge in [0.05, 0.1) is 6.67 Å². The molecule has 6 heteroatoms. The highest BCUT2D eigenvalue weighted by Gasteiger charge is 2.07. The molecule has 2 N–H and O–H groups in total. The minimum absolute atomic E-state index is 0.149. The van der Waals surface area contributed by atoms with Crippen LogP contribution in [0.3, 0.4) is 0 Å². The van der Waals surface area contributed by atoms with Gasteiger partial charge in [0.2, 0.25) is 5.76 Å². The number of hydrogen-bond donors (Lipinski definition) is 2. The van der Waals surface area contributed by atoms with Gasteiger partial charge >= 0.3 is 5.97 Å². The molecule has 1 aromatic rings. The first-order chi connectivity index (χ1) is 9.56. The Morgan fingerprint density at radius 2 is 2.15 bits per heavy atom. The molecule has 0 aliphatic carbocycles. The Morgan fingerprint density at radius 3 is 2.55 bits per heavy atom. The Balaban J connectivity index is 0.000000200. The van der Waals surface area contributed by atoms with Crippen molar-refractivity contribution in [1.29, 1.82) is 0 Å². The number of aliphatic hydroxyl groups excluding tert-OH is 1. The van der Waals surface area contributed by atoms with Crippen molar-refractivity contribution in [2.24, 2.45) is 0 Å². The van der Waals surface area contributed by atoms with Crippen molar-refractivity contribution < 1.29 is 19.4 Å². The number of carboxylic acids is 1. The molecule has 0 spiro atoms. The molecule has 20 heavy (non-hydrogen) atoms. The Hall–Kier alpha value is -1.95. The maximum Gasteiger partial charge on any atom is 0.371 e. The summed E-state index contributed by atoms with van der Waals surface area (Å²) in [4.78, 5) is 14.7. The lowest BCUT2D eigenvalue weighted by Gasteiger charge is -2.17. The van der Waals surface area contributed by atoms with Gasteiger partial charge in [0.15, 0.2) is 0 Å². The third-order valence-corrected chi connectivity index (χ3v) is 2.76. The fourth-order valence-corrected chi connectivity index (χ4v) is 1.67. The molecule has 0 aromatic carbocycles. The number of aliphatic hydroxyl groups is 1. The summed E-state index contributed by atoms with van der Waals surface area (Å²) in [5, 5.41) is 16.8. The van der Waals surface area contributed by atoms with E-state index in [-0.39, 0.29) is 18.1 Å². The number of furan rings is 1. The quantitative estimate of drug-likeness (QED) is 0.859. The second kappa shape index (κ2) is 8.27. The summed E-state index contributed by atoms with van der Waals surface area (Å²) in [6.07, 6.45) is 6.87. The van der Waals surface area contributed by atoms with Crippen molar-refractivity contribution in [2.45, 2.75) is 26.4 Å². The van der Waals surface area contributed by atoms with Crippen LogP contribution in [0.4, 0.5) is 0 Å². The summed E-state index contributed by atoms with van der Waals surface area (Å²) in [5.41, 5.74) is 0. The zero-order valence-corrected chi connectivity index (χ0v) is 12.0. The Labute approximate surface area is 118 Å². The molecule has 112 valence electrons. The molecule has 0 saturated heterocycles. The molecule has 0 amide bonds. The molecule has 0 unspecified atom stereocenters. The molecule has 2 rings (SSSR count). The van der Waals surface area contributed by atoms with Gasteiger partial charge in [0, 0.05) is 26.0 Å². The molecular formula is C14H22N2O4. The van der Waals surface area contributed by atoms with Gasteiger partial charge in [-0.2, -0.15) is 0 Å². The van der Waals surface area contributed by atoms with Gasteiger partial charge in [-0.3, -0.25) is 0 Å². The molecule has 0 atom stereocenters. The zero-order valence-electron chi connectivity index (χ0n) is 12.0. The first-order valence-corrected chi connectivity index (χ1v) is 6.62. The van der Waals surface area contributed by atoms with Crippen LogP contribution >= 0.6 is 0 Å². The van der Waals surface area contributed by atoms with E-state index in [0.29, 0.717) is 0 Å². The predicted molar refractivity (Wildman–Crippen MR) is 75.0 cm³/mol. The van der Waals surface area contributed by atoms with Crippen LogP contribution in [-0.2, 0) is 6.61 Å². The molecule has 6 nitrogen and oxygen atoms in total. The second-order valence-corrected chi connectivity index (χ2v) is 4.59. The van der Waals surface area contributed by atoms with E-state index in [4.69, 9.17) is 10.2 Å². The van der Waals surface area contributed by atoms with Crippen LogP contribution in [0.2, 0.25) is 0 Å². The highest BCUT2D eigenvalue weighted by atomic mass is 16.4. The van der Waals surface area contributed by atoms with Crippen molar-refractivity contribution in [3.63, 3.8) is 0 Å². The van der Waals surface area contributed by atoms with Gasteiger partial charge in [0.25, 0.3) is 0 Å². The normalized spacial score (nSPS) is 13.3. The van der Waals surface area contributed by atoms with Gasteiger partial charge in [-0.1, -0.05) is 13.3 Å². The maximum absolute atomic E-state index is 10.2. The van der Waals surface area contributed by atoms with E-state index < -0.39 is 5.97 Å². The molecule has 1 aromatic heterocycles. The largest absolute Gasteiger partial charge is 0.475 e. The van der Waals surface area contributed by atoms with Crippen LogP contribution in [0.5, 0.6) is 0 Å². The number of rotatable bonds is 5. The number of aromatic carboxylic acids is 1. The van der Waals surface area contributed by atoms with E-state index in [9.17, 15) is 4.79 Å². The van der Waals surface area contributed by atoms with Gasteiger partial charge in [-0.25, -0.2) is 4.79 Å². The lowest BCUT2D eigenvalue weighted by molar-refractivity contribution is 0.0657. The maximum atomic E-state index is 10.2. The van der Waals surface area contributed by atoms with Crippen molar-refractivity contribution in [3.8, 4) is 0 Å². The summed E-state index contributed by atoms with van der Waals surface area (Å²) >= 11 is 0. The van der Waals surface area contributed by atoms with E-state index in [0.717, 1.165) is 6.67 Å². The summed E-state index contributed by atoms with van der Waals surface area (Å²) < 4.78 is 4.64. The van der Waals surface area contributed by atoms with Crippen molar-refractivity contribution in [1.82, 2.24) is 9.80 Å². The molecule has 0 bridgehead atoms. The highest BCUT2D eigenvalue weighted by molar-refractivity contribution is 5.84. The van der Waals surface area contributed by atoms with Crippen LogP contribution in [0.15, 0.2) is 28.9 Å².